The van der Waals surface area contributed by atoms with Gasteiger partial charge in [-0.3, -0.25) is 14.5 Å². The normalized spacial score (nSPS) is 17.9. The van der Waals surface area contributed by atoms with Crippen molar-refractivity contribution >= 4 is 23.7 Å². The fraction of sp³-hybridized carbons (Fsp3) is 0.217. The van der Waals surface area contributed by atoms with E-state index in [9.17, 15) is 23.2 Å². The highest BCUT2D eigenvalue weighted by Crippen LogP contribution is 2.31. The highest BCUT2D eigenvalue weighted by Gasteiger charge is 2.50. The number of hydrogen-bond acceptors (Lipinski definition) is 4. The maximum absolute atomic E-state index is 14.3. The van der Waals surface area contributed by atoms with E-state index >= 15 is 0 Å². The van der Waals surface area contributed by atoms with Crippen LogP contribution in [0.4, 0.5) is 19.4 Å². The number of aryl methyl sites for hydroxylation is 1. The van der Waals surface area contributed by atoms with Crippen LogP contribution in [-0.2, 0) is 21.7 Å². The van der Waals surface area contributed by atoms with Crippen molar-refractivity contribution in [2.45, 2.75) is 25.9 Å². The molecule has 3 aromatic rings. The minimum absolute atomic E-state index is 0.319. The zero-order valence-corrected chi connectivity index (χ0v) is 17.9. The van der Waals surface area contributed by atoms with Gasteiger partial charge in [0.05, 0.1) is 12.7 Å². The Morgan fingerprint density at radius 2 is 1.94 bits per heavy atom. The number of anilines is 1. The summed E-state index contributed by atoms with van der Waals surface area (Å²) in [6, 6.07) is 11.2. The second-order valence-corrected chi connectivity index (χ2v) is 7.98. The summed E-state index contributed by atoms with van der Waals surface area (Å²) in [5.41, 5.74) is -0.0889. The largest absolute Gasteiger partial charge is 0.325 e. The van der Waals surface area contributed by atoms with Crippen LogP contribution in [0.2, 0.25) is 0 Å². The second-order valence-electron chi connectivity index (χ2n) is 7.98. The van der Waals surface area contributed by atoms with Crippen molar-refractivity contribution < 1.29 is 23.2 Å². The van der Waals surface area contributed by atoms with Crippen LogP contribution in [0.15, 0.2) is 54.7 Å². The number of nitrogens with zero attached hydrogens (tertiary/aromatic N) is 3. The predicted octanol–water partition coefficient (Wildman–Crippen LogP) is 2.92. The maximum Gasteiger partial charge on any atom is 0.325 e. The lowest BCUT2D eigenvalue weighted by Crippen LogP contribution is -2.43. The van der Waals surface area contributed by atoms with Gasteiger partial charge in [0.1, 0.15) is 29.5 Å². The van der Waals surface area contributed by atoms with Crippen molar-refractivity contribution in [1.29, 1.82) is 0 Å². The smallest absolute Gasteiger partial charge is 0.319 e. The van der Waals surface area contributed by atoms with Crippen LogP contribution in [0.3, 0.4) is 0 Å². The molecule has 8 nitrogen and oxygen atoms in total. The molecular weight excluding hydrogens is 432 g/mol. The van der Waals surface area contributed by atoms with E-state index in [-0.39, 0.29) is 5.56 Å². The zero-order chi connectivity index (χ0) is 23.8. The van der Waals surface area contributed by atoms with Gasteiger partial charge < -0.3 is 10.6 Å². The molecular formula is C23H21F2N5O3. The van der Waals surface area contributed by atoms with E-state index in [4.69, 9.17) is 0 Å². The van der Waals surface area contributed by atoms with Crippen LogP contribution >= 0.6 is 0 Å². The number of nitrogens with one attached hydrogen (secondary N) is 2. The second kappa shape index (κ2) is 8.45. The lowest BCUT2D eigenvalue weighted by molar-refractivity contribution is -0.133. The Labute approximate surface area is 188 Å². The first-order chi connectivity index (χ1) is 15.7. The number of aromatic nitrogens is 2. The Balaban J connectivity index is 1.47. The van der Waals surface area contributed by atoms with E-state index in [0.717, 1.165) is 29.3 Å². The predicted molar refractivity (Wildman–Crippen MR) is 115 cm³/mol. The van der Waals surface area contributed by atoms with Gasteiger partial charge in [-0.15, -0.1) is 0 Å². The summed E-state index contributed by atoms with van der Waals surface area (Å²) in [5.74, 6) is -2.73. The molecule has 170 valence electrons. The highest BCUT2D eigenvalue weighted by molar-refractivity contribution is 6.10. The van der Waals surface area contributed by atoms with Crippen LogP contribution in [0.5, 0.6) is 0 Å². The quantitative estimate of drug-likeness (QED) is 0.561. The fourth-order valence-corrected chi connectivity index (χ4v) is 3.78. The topological polar surface area (TPSA) is 96.3 Å². The fourth-order valence-electron chi connectivity index (χ4n) is 3.78. The Morgan fingerprint density at radius 1 is 1.15 bits per heavy atom. The molecule has 4 rings (SSSR count). The summed E-state index contributed by atoms with van der Waals surface area (Å²) in [6.07, 6.45) is 1.52. The number of urea groups is 1. The average Bonchev–Trinajstić information content (AvgIpc) is 3.27. The van der Waals surface area contributed by atoms with Crippen LogP contribution in [-0.4, -0.2) is 39.1 Å². The van der Waals surface area contributed by atoms with Crippen molar-refractivity contribution in [3.63, 3.8) is 0 Å². The van der Waals surface area contributed by atoms with E-state index in [2.05, 4.69) is 15.7 Å². The van der Waals surface area contributed by atoms with Gasteiger partial charge in [0.2, 0.25) is 5.91 Å². The highest BCUT2D eigenvalue weighted by atomic mass is 19.1. The summed E-state index contributed by atoms with van der Waals surface area (Å²) in [5, 5.41) is 9.20. The molecule has 1 atom stereocenters. The summed E-state index contributed by atoms with van der Waals surface area (Å²) in [4.78, 5) is 38.7. The molecule has 0 bridgehead atoms. The number of imide groups is 1. The molecule has 10 heteroatoms. The molecule has 2 aromatic carbocycles. The summed E-state index contributed by atoms with van der Waals surface area (Å²) < 4.78 is 29.5. The van der Waals surface area contributed by atoms with Crippen LogP contribution in [0.1, 0.15) is 23.6 Å². The van der Waals surface area contributed by atoms with Gasteiger partial charge in [0.25, 0.3) is 5.91 Å². The van der Waals surface area contributed by atoms with Crippen molar-refractivity contribution in [3.05, 3.63) is 83.1 Å². The molecule has 1 saturated heterocycles. The van der Waals surface area contributed by atoms with Gasteiger partial charge in [-0.1, -0.05) is 29.8 Å². The number of carbonyl (C=O) groups is 3. The molecule has 1 fully saturated rings. The van der Waals surface area contributed by atoms with Gasteiger partial charge in [0, 0.05) is 11.6 Å². The van der Waals surface area contributed by atoms with Crippen molar-refractivity contribution in [1.82, 2.24) is 20.0 Å². The standard InChI is InChI=1S/C23H21F2N5O3/c1-14-4-3-5-15(10-14)12-30-19(8-9-26-30)27-20(31)13-29-21(32)23(2,28-22(29)33)17-11-16(24)6-7-18(17)25/h3-11H,12-13H2,1-2H3,(H,27,31)(H,28,33). The number of carbonyl (C=O) groups excluding carboxylic acids is 3. The Bertz CT molecular complexity index is 1260. The molecule has 33 heavy (non-hydrogen) atoms. The first-order valence-electron chi connectivity index (χ1n) is 10.1. The number of hydrogen-bond donors (Lipinski definition) is 2. The van der Waals surface area contributed by atoms with Gasteiger partial charge in [-0.25, -0.2) is 18.3 Å². The van der Waals surface area contributed by atoms with E-state index in [1.165, 1.54) is 13.1 Å². The van der Waals surface area contributed by atoms with Crippen LogP contribution < -0.4 is 10.6 Å². The number of rotatable bonds is 6. The van der Waals surface area contributed by atoms with Crippen LogP contribution in [0, 0.1) is 18.6 Å². The molecule has 0 radical (unpaired) electrons. The van der Waals surface area contributed by atoms with Crippen molar-refractivity contribution in [2.24, 2.45) is 0 Å². The SMILES string of the molecule is Cc1cccc(Cn2nccc2NC(=O)CN2C(=O)NC(C)(c3cc(F)ccc3F)C2=O)c1. The van der Waals surface area contributed by atoms with Gasteiger partial charge in [-0.2, -0.15) is 5.10 Å². The number of benzene rings is 2. The van der Waals surface area contributed by atoms with E-state index in [1.807, 2.05) is 31.2 Å². The average molecular weight is 453 g/mol. The Hall–Kier alpha value is -4.08. The molecule has 1 aliphatic rings. The molecule has 2 N–H and O–H groups in total. The first kappa shape index (κ1) is 22.1. The summed E-state index contributed by atoms with van der Waals surface area (Å²) >= 11 is 0. The Morgan fingerprint density at radius 3 is 2.70 bits per heavy atom. The molecule has 4 amide bonds. The van der Waals surface area contributed by atoms with E-state index < -0.39 is 41.6 Å². The third-order valence-corrected chi connectivity index (χ3v) is 5.44. The molecule has 0 spiro atoms. The summed E-state index contributed by atoms with van der Waals surface area (Å²) in [6.45, 7) is 3.04. The lowest BCUT2D eigenvalue weighted by Gasteiger charge is -2.22. The van der Waals surface area contributed by atoms with E-state index in [1.54, 1.807) is 10.7 Å². The first-order valence-corrected chi connectivity index (χ1v) is 10.1. The molecule has 1 aromatic heterocycles. The van der Waals surface area contributed by atoms with E-state index in [0.29, 0.717) is 17.3 Å². The lowest BCUT2D eigenvalue weighted by atomic mass is 9.91. The molecule has 0 saturated carbocycles. The molecule has 1 aliphatic heterocycles. The van der Waals surface area contributed by atoms with Crippen molar-refractivity contribution in [3.8, 4) is 0 Å². The summed E-state index contributed by atoms with van der Waals surface area (Å²) in [7, 11) is 0. The maximum atomic E-state index is 14.3. The molecule has 1 unspecified atom stereocenters. The minimum atomic E-state index is -1.84. The van der Waals surface area contributed by atoms with Crippen molar-refractivity contribution in [2.75, 3.05) is 11.9 Å². The zero-order valence-electron chi connectivity index (χ0n) is 17.9. The van der Waals surface area contributed by atoms with Gasteiger partial charge >= 0.3 is 6.03 Å². The minimum Gasteiger partial charge on any atom is -0.319 e. The third kappa shape index (κ3) is 4.32. The van der Waals surface area contributed by atoms with Crippen LogP contribution in [0.25, 0.3) is 0 Å². The monoisotopic (exact) mass is 453 g/mol. The number of halogens is 2. The molecule has 0 aliphatic carbocycles. The van der Waals surface area contributed by atoms with Gasteiger partial charge in [-0.05, 0) is 37.6 Å². The Kier molecular flexibility index (Phi) is 5.67. The number of amides is 4. The van der Waals surface area contributed by atoms with Gasteiger partial charge in [0.15, 0.2) is 0 Å². The molecule has 2 heterocycles. The third-order valence-electron chi connectivity index (χ3n) is 5.44.